The number of amides is 1. The lowest BCUT2D eigenvalue weighted by Gasteiger charge is -2.11. The second-order valence-corrected chi connectivity index (χ2v) is 5.93. The lowest BCUT2D eigenvalue weighted by atomic mass is 10.2. The van der Waals surface area contributed by atoms with E-state index in [9.17, 15) is 9.59 Å². The number of carbonyl (C=O) groups excluding carboxylic acids is 2. The van der Waals surface area contributed by atoms with Crippen LogP contribution in [0.5, 0.6) is 5.75 Å². The first-order valence-corrected chi connectivity index (χ1v) is 8.47. The molecule has 128 valence electrons. The van der Waals surface area contributed by atoms with Crippen molar-refractivity contribution in [1.82, 2.24) is 10.3 Å². The molecular weight excluding hydrogens is 328 g/mol. The number of ether oxygens (including phenoxy) is 2. The molecule has 0 radical (unpaired) electrons. The molecule has 0 saturated heterocycles. The van der Waals surface area contributed by atoms with Crippen molar-refractivity contribution in [3.63, 3.8) is 0 Å². The predicted octanol–water partition coefficient (Wildman–Crippen LogP) is 2.43. The van der Waals surface area contributed by atoms with E-state index in [-0.39, 0.29) is 12.3 Å². The van der Waals surface area contributed by atoms with E-state index >= 15 is 0 Å². The zero-order valence-electron chi connectivity index (χ0n) is 13.9. The summed E-state index contributed by atoms with van der Waals surface area (Å²) < 4.78 is 10.2. The molecule has 1 amide bonds. The molecule has 0 unspecified atom stereocenters. The molecule has 2 rings (SSSR count). The molecule has 1 heterocycles. The van der Waals surface area contributed by atoms with Gasteiger partial charge in [0.1, 0.15) is 10.8 Å². The van der Waals surface area contributed by atoms with Gasteiger partial charge in [0.2, 0.25) is 0 Å². The number of thiazole rings is 1. The lowest BCUT2D eigenvalue weighted by molar-refractivity contribution is -0.154. The fraction of sp³-hybridized carbons (Fsp3) is 0.353. The van der Waals surface area contributed by atoms with Gasteiger partial charge in [0, 0.05) is 17.5 Å². The number of hydrogen-bond donors (Lipinski definition) is 1. The van der Waals surface area contributed by atoms with Gasteiger partial charge in [0.25, 0.3) is 5.91 Å². The van der Waals surface area contributed by atoms with Gasteiger partial charge in [-0.25, -0.2) is 4.98 Å². The quantitative estimate of drug-likeness (QED) is 0.778. The van der Waals surface area contributed by atoms with Crippen LogP contribution in [0.4, 0.5) is 0 Å². The molecule has 1 N–H and O–H groups in total. The summed E-state index contributed by atoms with van der Waals surface area (Å²) in [5, 5.41) is 5.24. The summed E-state index contributed by atoms with van der Waals surface area (Å²) in [5.74, 6) is 0.00170. The minimum atomic E-state index is -0.808. The maximum atomic E-state index is 11.9. The van der Waals surface area contributed by atoms with Gasteiger partial charge in [-0.05, 0) is 38.1 Å². The molecule has 0 bridgehead atoms. The molecule has 0 aliphatic carbocycles. The summed E-state index contributed by atoms with van der Waals surface area (Å²) in [6.45, 7) is 3.85. The van der Waals surface area contributed by atoms with Crippen LogP contribution < -0.4 is 10.1 Å². The van der Waals surface area contributed by atoms with Crippen LogP contribution in [-0.4, -0.2) is 36.6 Å². The number of hydrogen-bond acceptors (Lipinski definition) is 6. The first kappa shape index (κ1) is 17.9. The van der Waals surface area contributed by atoms with Crippen molar-refractivity contribution in [1.29, 1.82) is 0 Å². The standard InChI is InChI=1S/C17H20N2O4S/c1-4-18-16(21)11(2)23-15(20)9-13-10-24-17(19-13)12-5-7-14(22-3)8-6-12/h5-8,10-11H,4,9H2,1-3H3,(H,18,21)/t11-/m0/s1. The Morgan fingerprint density at radius 3 is 2.62 bits per heavy atom. The molecule has 0 aliphatic rings. The Balaban J connectivity index is 1.95. The smallest absolute Gasteiger partial charge is 0.312 e. The Morgan fingerprint density at radius 1 is 1.29 bits per heavy atom. The number of likely N-dealkylation sites (N-methyl/N-ethyl adjacent to an activating group) is 1. The van der Waals surface area contributed by atoms with E-state index in [1.165, 1.54) is 11.3 Å². The number of aromatic nitrogens is 1. The van der Waals surface area contributed by atoms with E-state index in [1.807, 2.05) is 36.6 Å². The Morgan fingerprint density at radius 2 is 2.00 bits per heavy atom. The highest BCUT2D eigenvalue weighted by Gasteiger charge is 2.18. The highest BCUT2D eigenvalue weighted by molar-refractivity contribution is 7.13. The maximum absolute atomic E-state index is 11.9. The summed E-state index contributed by atoms with van der Waals surface area (Å²) in [5.41, 5.74) is 1.58. The molecule has 0 saturated carbocycles. The topological polar surface area (TPSA) is 77.5 Å². The van der Waals surface area contributed by atoms with Gasteiger partial charge in [-0.1, -0.05) is 0 Å². The monoisotopic (exact) mass is 348 g/mol. The molecular formula is C17H20N2O4S. The van der Waals surface area contributed by atoms with Crippen LogP contribution >= 0.6 is 11.3 Å². The zero-order valence-corrected chi connectivity index (χ0v) is 14.7. The summed E-state index contributed by atoms with van der Waals surface area (Å²) >= 11 is 1.45. The van der Waals surface area contributed by atoms with Crippen molar-refractivity contribution < 1.29 is 19.1 Å². The summed E-state index contributed by atoms with van der Waals surface area (Å²) in [4.78, 5) is 27.9. The largest absolute Gasteiger partial charge is 0.497 e. The number of nitrogens with one attached hydrogen (secondary N) is 1. The first-order valence-electron chi connectivity index (χ1n) is 7.59. The third-order valence-corrected chi connectivity index (χ3v) is 4.18. The van der Waals surface area contributed by atoms with Gasteiger partial charge in [0.15, 0.2) is 6.10 Å². The van der Waals surface area contributed by atoms with Crippen molar-refractivity contribution in [2.24, 2.45) is 0 Å². The van der Waals surface area contributed by atoms with Crippen molar-refractivity contribution >= 4 is 23.2 Å². The van der Waals surface area contributed by atoms with Crippen LogP contribution in [0, 0.1) is 0 Å². The van der Waals surface area contributed by atoms with Gasteiger partial charge in [-0.15, -0.1) is 11.3 Å². The fourth-order valence-electron chi connectivity index (χ4n) is 2.01. The van der Waals surface area contributed by atoms with Gasteiger partial charge in [0.05, 0.1) is 19.2 Å². The molecule has 0 fully saturated rings. The van der Waals surface area contributed by atoms with E-state index in [4.69, 9.17) is 9.47 Å². The van der Waals surface area contributed by atoms with E-state index < -0.39 is 12.1 Å². The molecule has 0 aliphatic heterocycles. The molecule has 1 aromatic carbocycles. The van der Waals surface area contributed by atoms with E-state index in [0.29, 0.717) is 12.2 Å². The summed E-state index contributed by atoms with van der Waals surface area (Å²) in [6, 6.07) is 7.55. The third kappa shape index (κ3) is 4.79. The van der Waals surface area contributed by atoms with Gasteiger partial charge in [-0.2, -0.15) is 0 Å². The number of benzene rings is 1. The molecule has 1 atom stereocenters. The van der Waals surface area contributed by atoms with Crippen LogP contribution in [0.25, 0.3) is 10.6 Å². The lowest BCUT2D eigenvalue weighted by Crippen LogP contribution is -2.35. The number of nitrogens with zero attached hydrogens (tertiary/aromatic N) is 1. The van der Waals surface area contributed by atoms with E-state index in [1.54, 1.807) is 14.0 Å². The van der Waals surface area contributed by atoms with Gasteiger partial charge < -0.3 is 14.8 Å². The SMILES string of the molecule is CCNC(=O)[C@H](C)OC(=O)Cc1csc(-c2ccc(OC)cc2)n1. The second kappa shape index (κ2) is 8.44. The summed E-state index contributed by atoms with van der Waals surface area (Å²) in [7, 11) is 1.61. The number of carbonyl (C=O) groups is 2. The fourth-order valence-corrected chi connectivity index (χ4v) is 2.84. The molecule has 6 nitrogen and oxygen atoms in total. The highest BCUT2D eigenvalue weighted by Crippen LogP contribution is 2.25. The van der Waals surface area contributed by atoms with Crippen molar-refractivity contribution in [2.45, 2.75) is 26.4 Å². The minimum absolute atomic E-state index is 0.0381. The van der Waals surface area contributed by atoms with Crippen molar-refractivity contribution in [2.75, 3.05) is 13.7 Å². The van der Waals surface area contributed by atoms with Crippen molar-refractivity contribution in [3.05, 3.63) is 35.3 Å². The Hall–Kier alpha value is -2.41. The number of methoxy groups -OCH3 is 1. The minimum Gasteiger partial charge on any atom is -0.497 e. The zero-order chi connectivity index (χ0) is 17.5. The highest BCUT2D eigenvalue weighted by atomic mass is 32.1. The van der Waals surface area contributed by atoms with E-state index in [2.05, 4.69) is 10.3 Å². The predicted molar refractivity (Wildman–Crippen MR) is 92.0 cm³/mol. The van der Waals surface area contributed by atoms with E-state index in [0.717, 1.165) is 16.3 Å². The van der Waals surface area contributed by atoms with Crippen LogP contribution in [0.3, 0.4) is 0 Å². The van der Waals surface area contributed by atoms with Crippen molar-refractivity contribution in [3.8, 4) is 16.3 Å². The van der Waals surface area contributed by atoms with Crippen LogP contribution in [-0.2, 0) is 20.7 Å². The van der Waals surface area contributed by atoms with Crippen LogP contribution in [0.1, 0.15) is 19.5 Å². The Kier molecular flexibility index (Phi) is 6.31. The molecule has 0 spiro atoms. The Bertz CT molecular complexity index is 697. The van der Waals surface area contributed by atoms with Crippen LogP contribution in [0.15, 0.2) is 29.6 Å². The molecule has 2 aromatic rings. The second-order valence-electron chi connectivity index (χ2n) is 5.08. The maximum Gasteiger partial charge on any atom is 0.312 e. The van der Waals surface area contributed by atoms with Gasteiger partial charge in [-0.3, -0.25) is 9.59 Å². The number of rotatable bonds is 7. The molecule has 1 aromatic heterocycles. The average Bonchev–Trinajstić information content (AvgIpc) is 3.03. The van der Waals surface area contributed by atoms with Crippen LogP contribution in [0.2, 0.25) is 0 Å². The van der Waals surface area contributed by atoms with Gasteiger partial charge >= 0.3 is 5.97 Å². The number of esters is 1. The Labute approximate surface area is 144 Å². The normalized spacial score (nSPS) is 11.6. The summed E-state index contributed by atoms with van der Waals surface area (Å²) in [6.07, 6.45) is -0.770. The third-order valence-electron chi connectivity index (χ3n) is 3.24. The molecule has 24 heavy (non-hydrogen) atoms. The first-order chi connectivity index (χ1) is 11.5. The average molecular weight is 348 g/mol. The molecule has 7 heteroatoms.